The molecular weight excluding hydrogens is 288 g/mol. The lowest BCUT2D eigenvalue weighted by Crippen LogP contribution is -2.37. The molecule has 0 saturated heterocycles. The lowest BCUT2D eigenvalue weighted by Gasteiger charge is -2.17. The number of rotatable bonds is 9. The molecule has 0 aliphatic heterocycles. The van der Waals surface area contributed by atoms with E-state index >= 15 is 0 Å². The van der Waals surface area contributed by atoms with Crippen LogP contribution >= 0.6 is 11.3 Å². The number of methoxy groups -OCH3 is 1. The van der Waals surface area contributed by atoms with E-state index in [4.69, 9.17) is 10.5 Å². The summed E-state index contributed by atoms with van der Waals surface area (Å²) in [5.74, 6) is 0.131. The van der Waals surface area contributed by atoms with Crippen molar-refractivity contribution in [3.8, 4) is 0 Å². The number of nitrogens with zero attached hydrogens (tertiary/aromatic N) is 2. The number of aromatic nitrogens is 1. The molecule has 0 radical (unpaired) electrons. The average molecular weight is 314 g/mol. The van der Waals surface area contributed by atoms with Crippen molar-refractivity contribution in [2.24, 2.45) is 0 Å². The van der Waals surface area contributed by atoms with Gasteiger partial charge in [-0.1, -0.05) is 24.7 Å². The number of thiazole rings is 1. The summed E-state index contributed by atoms with van der Waals surface area (Å²) in [6.07, 6.45) is 1.86. The summed E-state index contributed by atoms with van der Waals surface area (Å²) in [6.45, 7) is 8.36. The first-order valence-corrected chi connectivity index (χ1v) is 8.19. The van der Waals surface area contributed by atoms with Crippen LogP contribution in [0, 0.1) is 0 Å². The molecule has 1 unspecified atom stereocenters. The molecule has 120 valence electrons. The monoisotopic (exact) mass is 314 g/mol. The van der Waals surface area contributed by atoms with Gasteiger partial charge >= 0.3 is 0 Å². The molecule has 1 heterocycles. The van der Waals surface area contributed by atoms with Gasteiger partial charge in [0.05, 0.1) is 12.6 Å². The Labute approximate surface area is 130 Å². The standard InChI is InChI=1S/C14H26N4O2S/c1-5-8-10(9-20-4)16-13(19)11-12(15)17-14(21-11)18(6-2)7-3/h10H,5-9,15H2,1-4H3,(H,16,19). The topological polar surface area (TPSA) is 80.5 Å². The Kier molecular flexibility index (Phi) is 7.45. The molecule has 0 fully saturated rings. The first-order valence-electron chi connectivity index (χ1n) is 7.38. The molecule has 1 aromatic heterocycles. The molecule has 21 heavy (non-hydrogen) atoms. The first kappa shape index (κ1) is 17.7. The number of amides is 1. The predicted octanol–water partition coefficient (Wildman–Crippen LogP) is 2.12. The molecule has 0 spiro atoms. The molecule has 3 N–H and O–H groups in total. The molecule has 1 aromatic rings. The van der Waals surface area contributed by atoms with Gasteiger partial charge in [-0.2, -0.15) is 0 Å². The highest BCUT2D eigenvalue weighted by Gasteiger charge is 2.20. The lowest BCUT2D eigenvalue weighted by molar-refractivity contribution is 0.0896. The predicted molar refractivity (Wildman–Crippen MR) is 88.1 cm³/mol. The number of nitrogens with one attached hydrogen (secondary N) is 1. The minimum absolute atomic E-state index is 0.00547. The normalized spacial score (nSPS) is 12.2. The van der Waals surface area contributed by atoms with Crippen molar-refractivity contribution in [2.75, 3.05) is 37.4 Å². The quantitative estimate of drug-likeness (QED) is 0.730. The van der Waals surface area contributed by atoms with E-state index in [1.54, 1.807) is 7.11 Å². The van der Waals surface area contributed by atoms with Crippen LogP contribution < -0.4 is 16.0 Å². The largest absolute Gasteiger partial charge is 0.383 e. The fourth-order valence-corrected chi connectivity index (χ4v) is 3.13. The van der Waals surface area contributed by atoms with Crippen molar-refractivity contribution in [1.29, 1.82) is 0 Å². The number of hydrogen-bond donors (Lipinski definition) is 2. The maximum atomic E-state index is 12.3. The van der Waals surface area contributed by atoms with Crippen LogP contribution in [0.5, 0.6) is 0 Å². The van der Waals surface area contributed by atoms with E-state index in [9.17, 15) is 4.79 Å². The number of carbonyl (C=O) groups excluding carboxylic acids is 1. The van der Waals surface area contributed by atoms with E-state index in [1.165, 1.54) is 11.3 Å². The van der Waals surface area contributed by atoms with Crippen LogP contribution in [0.2, 0.25) is 0 Å². The second-order valence-electron chi connectivity index (χ2n) is 4.80. The summed E-state index contributed by atoms with van der Waals surface area (Å²) < 4.78 is 5.14. The lowest BCUT2D eigenvalue weighted by atomic mass is 10.2. The van der Waals surface area contributed by atoms with Crippen LogP contribution in [0.15, 0.2) is 0 Å². The van der Waals surface area contributed by atoms with Gasteiger partial charge in [-0.25, -0.2) is 4.98 Å². The van der Waals surface area contributed by atoms with Gasteiger partial charge < -0.3 is 20.7 Å². The maximum Gasteiger partial charge on any atom is 0.265 e. The van der Waals surface area contributed by atoms with E-state index < -0.39 is 0 Å². The van der Waals surface area contributed by atoms with Crippen molar-refractivity contribution in [2.45, 2.75) is 39.7 Å². The Bertz CT molecular complexity index is 440. The fraction of sp³-hybridized carbons (Fsp3) is 0.714. The van der Waals surface area contributed by atoms with Crippen LogP contribution in [0.25, 0.3) is 0 Å². The van der Waals surface area contributed by atoms with Crippen molar-refractivity contribution in [3.05, 3.63) is 4.88 Å². The van der Waals surface area contributed by atoms with Gasteiger partial charge in [0.1, 0.15) is 10.7 Å². The highest BCUT2D eigenvalue weighted by molar-refractivity contribution is 7.18. The number of nitrogen functional groups attached to an aromatic ring is 1. The highest BCUT2D eigenvalue weighted by atomic mass is 32.1. The van der Waals surface area contributed by atoms with Gasteiger partial charge in [0.25, 0.3) is 5.91 Å². The Morgan fingerprint density at radius 2 is 2.10 bits per heavy atom. The molecule has 0 aliphatic rings. The number of anilines is 2. The van der Waals surface area contributed by atoms with E-state index in [0.29, 0.717) is 17.3 Å². The van der Waals surface area contributed by atoms with Gasteiger partial charge in [-0.15, -0.1) is 0 Å². The number of carbonyl (C=O) groups is 1. The van der Waals surface area contributed by atoms with Crippen molar-refractivity contribution < 1.29 is 9.53 Å². The van der Waals surface area contributed by atoms with Crippen LogP contribution in [0.1, 0.15) is 43.3 Å². The van der Waals surface area contributed by atoms with Gasteiger partial charge in [0, 0.05) is 20.2 Å². The van der Waals surface area contributed by atoms with E-state index in [0.717, 1.165) is 31.1 Å². The molecule has 1 amide bonds. The minimum atomic E-state index is -0.168. The van der Waals surface area contributed by atoms with E-state index in [-0.39, 0.29) is 11.9 Å². The van der Waals surface area contributed by atoms with Gasteiger partial charge in [-0.3, -0.25) is 4.79 Å². The Morgan fingerprint density at radius 1 is 1.43 bits per heavy atom. The molecule has 7 heteroatoms. The molecule has 0 saturated carbocycles. The highest BCUT2D eigenvalue weighted by Crippen LogP contribution is 2.28. The van der Waals surface area contributed by atoms with Crippen LogP contribution in [-0.4, -0.2) is 43.7 Å². The van der Waals surface area contributed by atoms with Gasteiger partial charge in [-0.05, 0) is 20.3 Å². The Balaban J connectivity index is 2.82. The number of nitrogens with two attached hydrogens (primary N) is 1. The Morgan fingerprint density at radius 3 is 2.62 bits per heavy atom. The third-order valence-electron chi connectivity index (χ3n) is 3.22. The first-order chi connectivity index (χ1) is 10.1. The zero-order valence-corrected chi connectivity index (χ0v) is 14.1. The minimum Gasteiger partial charge on any atom is -0.383 e. The maximum absolute atomic E-state index is 12.3. The number of ether oxygens (including phenoxy) is 1. The smallest absolute Gasteiger partial charge is 0.265 e. The molecule has 0 aromatic carbocycles. The fourth-order valence-electron chi connectivity index (χ4n) is 2.11. The third kappa shape index (κ3) is 4.86. The van der Waals surface area contributed by atoms with Crippen LogP contribution in [-0.2, 0) is 4.74 Å². The van der Waals surface area contributed by atoms with E-state index in [1.807, 2.05) is 0 Å². The van der Waals surface area contributed by atoms with Crippen LogP contribution in [0.4, 0.5) is 10.9 Å². The summed E-state index contributed by atoms with van der Waals surface area (Å²) >= 11 is 1.34. The summed E-state index contributed by atoms with van der Waals surface area (Å²) in [7, 11) is 1.63. The summed E-state index contributed by atoms with van der Waals surface area (Å²) in [5.41, 5.74) is 5.89. The second-order valence-corrected chi connectivity index (χ2v) is 5.78. The molecular formula is C14H26N4O2S. The van der Waals surface area contributed by atoms with E-state index in [2.05, 4.69) is 36.0 Å². The summed E-state index contributed by atoms with van der Waals surface area (Å²) in [6, 6.07) is 0.00547. The summed E-state index contributed by atoms with van der Waals surface area (Å²) in [5, 5.41) is 3.77. The molecule has 0 bridgehead atoms. The third-order valence-corrected chi connectivity index (χ3v) is 4.35. The Hall–Kier alpha value is -1.34. The molecule has 1 rings (SSSR count). The molecule has 0 aliphatic carbocycles. The SMILES string of the molecule is CCCC(COC)NC(=O)c1sc(N(CC)CC)nc1N. The number of hydrogen-bond acceptors (Lipinski definition) is 6. The molecule has 1 atom stereocenters. The zero-order valence-electron chi connectivity index (χ0n) is 13.3. The van der Waals surface area contributed by atoms with Gasteiger partial charge in [0.2, 0.25) is 0 Å². The summed E-state index contributed by atoms with van der Waals surface area (Å²) in [4.78, 5) is 19.2. The van der Waals surface area contributed by atoms with Crippen LogP contribution in [0.3, 0.4) is 0 Å². The van der Waals surface area contributed by atoms with Crippen molar-refractivity contribution in [1.82, 2.24) is 10.3 Å². The molecule has 6 nitrogen and oxygen atoms in total. The van der Waals surface area contributed by atoms with Crippen molar-refractivity contribution in [3.63, 3.8) is 0 Å². The zero-order chi connectivity index (χ0) is 15.8. The second kappa shape index (κ2) is 8.84. The van der Waals surface area contributed by atoms with Gasteiger partial charge in [0.15, 0.2) is 5.13 Å². The van der Waals surface area contributed by atoms with Crippen molar-refractivity contribution >= 4 is 28.2 Å². The average Bonchev–Trinajstić information content (AvgIpc) is 2.83.